The molecule has 2 aliphatic rings. The first-order valence-electron chi connectivity index (χ1n) is 8.81. The molecule has 26 heavy (non-hydrogen) atoms. The number of hydrogen-bond acceptors (Lipinski definition) is 4. The Morgan fingerprint density at radius 3 is 2.77 bits per heavy atom. The largest absolute Gasteiger partial charge is 0.378 e. The highest BCUT2D eigenvalue weighted by Gasteiger charge is 2.39. The summed E-state index contributed by atoms with van der Waals surface area (Å²) in [5.41, 5.74) is 0.0712. The summed E-state index contributed by atoms with van der Waals surface area (Å²) in [4.78, 5) is 26.9. The van der Waals surface area contributed by atoms with Crippen LogP contribution in [0.4, 0.5) is 4.39 Å². The zero-order valence-corrected chi connectivity index (χ0v) is 14.9. The summed E-state index contributed by atoms with van der Waals surface area (Å²) in [6.45, 7) is 5.53. The molecule has 2 heterocycles. The van der Waals surface area contributed by atoms with Crippen LogP contribution >= 0.6 is 0 Å². The van der Waals surface area contributed by atoms with Gasteiger partial charge in [-0.1, -0.05) is 6.92 Å². The third-order valence-corrected chi connectivity index (χ3v) is 5.28. The van der Waals surface area contributed by atoms with Crippen molar-refractivity contribution in [1.82, 2.24) is 10.2 Å². The van der Waals surface area contributed by atoms with Crippen LogP contribution in [0.1, 0.15) is 36.2 Å². The minimum Gasteiger partial charge on any atom is -0.378 e. The minimum absolute atomic E-state index is 0.0740. The van der Waals surface area contributed by atoms with E-state index in [2.05, 4.69) is 5.32 Å². The molecule has 0 bridgehead atoms. The smallest absolute Gasteiger partial charge is 0.251 e. The Morgan fingerprint density at radius 2 is 2.12 bits per heavy atom. The van der Waals surface area contributed by atoms with E-state index in [4.69, 9.17) is 10.00 Å². The molecule has 6 nitrogen and oxygen atoms in total. The third-order valence-electron chi connectivity index (χ3n) is 5.28. The van der Waals surface area contributed by atoms with Crippen LogP contribution in [0.25, 0.3) is 0 Å². The summed E-state index contributed by atoms with van der Waals surface area (Å²) in [5.74, 6) is -0.955. The van der Waals surface area contributed by atoms with Gasteiger partial charge in [0, 0.05) is 25.3 Å². The van der Waals surface area contributed by atoms with Gasteiger partial charge >= 0.3 is 0 Å². The van der Waals surface area contributed by atoms with Crippen LogP contribution in [0.15, 0.2) is 18.2 Å². The summed E-state index contributed by atoms with van der Waals surface area (Å²) in [5, 5.41) is 11.8. The molecule has 0 spiro atoms. The van der Waals surface area contributed by atoms with Crippen LogP contribution in [-0.4, -0.2) is 48.6 Å². The predicted molar refractivity (Wildman–Crippen MR) is 91.6 cm³/mol. The quantitative estimate of drug-likeness (QED) is 0.890. The van der Waals surface area contributed by atoms with E-state index in [1.54, 1.807) is 11.0 Å². The van der Waals surface area contributed by atoms with Gasteiger partial charge in [0.05, 0.1) is 23.6 Å². The number of likely N-dealkylation sites (tertiary alicyclic amines) is 1. The zero-order chi connectivity index (χ0) is 18.8. The van der Waals surface area contributed by atoms with E-state index in [0.717, 1.165) is 12.5 Å². The molecule has 0 saturated carbocycles. The second kappa shape index (κ2) is 7.42. The summed E-state index contributed by atoms with van der Waals surface area (Å²) in [6.07, 6.45) is 0.657. The molecule has 4 atom stereocenters. The SMILES string of the molecule is CC1CN(C(=O)C2CCOC2C)CC1NC(=O)c1ccc(F)c(C#N)c1. The fourth-order valence-corrected chi connectivity index (χ4v) is 3.63. The van der Waals surface area contributed by atoms with Crippen molar-refractivity contribution < 1.29 is 18.7 Å². The van der Waals surface area contributed by atoms with E-state index < -0.39 is 5.82 Å². The van der Waals surface area contributed by atoms with Crippen molar-refractivity contribution in [3.8, 4) is 6.07 Å². The molecule has 0 aliphatic carbocycles. The first-order chi connectivity index (χ1) is 12.4. The van der Waals surface area contributed by atoms with Gasteiger partial charge in [0.25, 0.3) is 5.91 Å². The maximum absolute atomic E-state index is 13.4. The molecule has 2 saturated heterocycles. The van der Waals surface area contributed by atoms with Crippen LogP contribution in [0, 0.1) is 29.0 Å². The predicted octanol–water partition coefficient (Wildman–Crippen LogP) is 1.70. The number of hydrogen-bond donors (Lipinski definition) is 1. The Hall–Kier alpha value is -2.46. The fourth-order valence-electron chi connectivity index (χ4n) is 3.63. The molecule has 138 valence electrons. The Morgan fingerprint density at radius 1 is 1.35 bits per heavy atom. The van der Waals surface area contributed by atoms with Crippen molar-refractivity contribution in [3.63, 3.8) is 0 Å². The molecule has 4 unspecified atom stereocenters. The summed E-state index contributed by atoms with van der Waals surface area (Å²) < 4.78 is 18.9. The van der Waals surface area contributed by atoms with Crippen molar-refractivity contribution in [1.29, 1.82) is 5.26 Å². The molecular formula is C19H22FN3O3. The first kappa shape index (κ1) is 18.3. The number of nitriles is 1. The summed E-state index contributed by atoms with van der Waals surface area (Å²) >= 11 is 0. The number of benzene rings is 1. The number of nitrogens with zero attached hydrogens (tertiary/aromatic N) is 2. The normalized spacial score (nSPS) is 28.0. The van der Waals surface area contributed by atoms with E-state index in [-0.39, 0.29) is 46.9 Å². The average Bonchev–Trinajstić information content (AvgIpc) is 3.20. The molecule has 2 fully saturated rings. The van der Waals surface area contributed by atoms with Gasteiger partial charge in [-0.15, -0.1) is 0 Å². The zero-order valence-electron chi connectivity index (χ0n) is 14.9. The topological polar surface area (TPSA) is 82.4 Å². The van der Waals surface area contributed by atoms with Gasteiger partial charge < -0.3 is 15.0 Å². The van der Waals surface area contributed by atoms with E-state index in [9.17, 15) is 14.0 Å². The molecule has 1 aromatic rings. The molecule has 0 aromatic heterocycles. The highest BCUT2D eigenvalue weighted by molar-refractivity contribution is 5.94. The molecule has 2 amide bonds. The lowest BCUT2D eigenvalue weighted by Gasteiger charge is -2.22. The number of amides is 2. The van der Waals surface area contributed by atoms with Crippen LogP contribution in [0.5, 0.6) is 0 Å². The Labute approximate surface area is 151 Å². The molecule has 3 rings (SSSR count). The fraction of sp³-hybridized carbons (Fsp3) is 0.526. The van der Waals surface area contributed by atoms with Crippen LogP contribution in [0.3, 0.4) is 0 Å². The van der Waals surface area contributed by atoms with Crippen molar-refractivity contribution >= 4 is 11.8 Å². The van der Waals surface area contributed by atoms with Crippen LogP contribution in [0.2, 0.25) is 0 Å². The Kier molecular flexibility index (Phi) is 5.23. The van der Waals surface area contributed by atoms with Crippen LogP contribution < -0.4 is 5.32 Å². The van der Waals surface area contributed by atoms with Gasteiger partial charge in [-0.05, 0) is 37.5 Å². The van der Waals surface area contributed by atoms with E-state index in [1.165, 1.54) is 12.1 Å². The lowest BCUT2D eigenvalue weighted by Crippen LogP contribution is -2.42. The highest BCUT2D eigenvalue weighted by atomic mass is 19.1. The molecule has 2 aliphatic heterocycles. The van der Waals surface area contributed by atoms with Gasteiger partial charge in [-0.3, -0.25) is 9.59 Å². The van der Waals surface area contributed by atoms with Gasteiger partial charge in [-0.2, -0.15) is 5.26 Å². The third kappa shape index (κ3) is 3.56. The van der Waals surface area contributed by atoms with E-state index in [1.807, 2.05) is 13.8 Å². The number of ether oxygens (including phenoxy) is 1. The monoisotopic (exact) mass is 359 g/mol. The van der Waals surface area contributed by atoms with Crippen molar-refractivity contribution in [2.75, 3.05) is 19.7 Å². The van der Waals surface area contributed by atoms with Crippen molar-refractivity contribution in [2.24, 2.45) is 11.8 Å². The van der Waals surface area contributed by atoms with E-state index >= 15 is 0 Å². The number of carbonyl (C=O) groups excluding carboxylic acids is 2. The number of nitrogens with one attached hydrogen (secondary N) is 1. The van der Waals surface area contributed by atoms with Gasteiger partial charge in [-0.25, -0.2) is 4.39 Å². The molecule has 0 radical (unpaired) electrons. The number of halogens is 1. The summed E-state index contributed by atoms with van der Waals surface area (Å²) in [6, 6.07) is 5.26. The maximum atomic E-state index is 13.4. The van der Waals surface area contributed by atoms with Crippen molar-refractivity contribution in [3.05, 3.63) is 35.1 Å². The highest BCUT2D eigenvalue weighted by Crippen LogP contribution is 2.26. The second-order valence-corrected chi connectivity index (χ2v) is 7.08. The summed E-state index contributed by atoms with van der Waals surface area (Å²) in [7, 11) is 0. The molecular weight excluding hydrogens is 337 g/mol. The molecule has 7 heteroatoms. The number of carbonyl (C=O) groups is 2. The second-order valence-electron chi connectivity index (χ2n) is 7.08. The van der Waals surface area contributed by atoms with Gasteiger partial charge in [0.15, 0.2) is 0 Å². The van der Waals surface area contributed by atoms with Gasteiger partial charge in [0.2, 0.25) is 5.91 Å². The number of rotatable bonds is 3. The van der Waals surface area contributed by atoms with E-state index in [0.29, 0.717) is 19.7 Å². The standard InChI is InChI=1S/C19H22FN3O3/c1-11-9-23(19(25)15-5-6-26-12(15)2)10-17(11)22-18(24)13-3-4-16(20)14(7-13)8-21/h3-4,7,11-12,15,17H,5-6,9-10H2,1-2H3,(H,22,24). The first-order valence-corrected chi connectivity index (χ1v) is 8.81. The Bertz CT molecular complexity index is 761. The maximum Gasteiger partial charge on any atom is 0.251 e. The minimum atomic E-state index is -0.650. The average molecular weight is 359 g/mol. The lowest BCUT2D eigenvalue weighted by atomic mass is 10.0. The Balaban J connectivity index is 1.64. The lowest BCUT2D eigenvalue weighted by molar-refractivity contribution is -0.136. The van der Waals surface area contributed by atoms with Crippen molar-refractivity contribution in [2.45, 2.75) is 32.4 Å². The van der Waals surface area contributed by atoms with Gasteiger partial charge in [0.1, 0.15) is 11.9 Å². The molecule has 1 N–H and O–H groups in total. The molecule has 1 aromatic carbocycles. The van der Waals surface area contributed by atoms with Crippen LogP contribution in [-0.2, 0) is 9.53 Å².